The van der Waals surface area contributed by atoms with Gasteiger partial charge < -0.3 is 98.5 Å². The van der Waals surface area contributed by atoms with E-state index >= 15 is 0 Å². The molecule has 9 aromatic rings. The van der Waals surface area contributed by atoms with Gasteiger partial charge in [-0.15, -0.1) is 74.4 Å². The van der Waals surface area contributed by atoms with Gasteiger partial charge in [-0.2, -0.15) is 0 Å². The summed E-state index contributed by atoms with van der Waals surface area (Å²) in [7, 11) is 4.08. The third-order valence-corrected chi connectivity index (χ3v) is 19.9. The number of nitrogens with one attached hydrogen (secondary N) is 4. The van der Waals surface area contributed by atoms with Crippen LogP contribution in [0.4, 0.5) is 78.3 Å². The highest BCUT2D eigenvalue weighted by molar-refractivity contribution is 5.86. The predicted molar refractivity (Wildman–Crippen MR) is 489 cm³/mol. The summed E-state index contributed by atoms with van der Waals surface area (Å²) >= 11 is 0. The summed E-state index contributed by atoms with van der Waals surface area (Å²) in [5, 5.41) is 67.1. The van der Waals surface area contributed by atoms with Gasteiger partial charge in [0.1, 0.15) is 30.6 Å². The standard InChI is InChI=1S/C25H32N7O4.C25H36N7.C18H21N5O4.C6H4FNO2.C6H15N3.7ClH.HI/c1-26-13-14-28(21-26)12-2-11-27-15-17-29(22-3-7-24(8-4-22)31(33)34)19-20-30(18-16-27)23-5-9-25(10-6-23)32(35)36;1-28-13-14-30(21-28)12-2-11-29-15-17-31(24-7-3-22(26)4-8-24)19-20-32(18-16-29)25-9-5-23(27)6-10-25;24-22(25)17-5-1-15(2-6-17)20-11-9-19-10-12-21(14-13-20)16-3-7-18(8-4-16)23(26)27;7-5-1-3-6(4-2-5)8(9)10;1-2-8-5-6-9-4-3-7-1;;;;;;;;/h3-10,13-14,21H,2,11-12,15-20H2,1H3;3-10,13-14,21H,2,11-12,15-20,26-27H2,1H3;1-8,19H,9-14H2;1-4H;7-9H,1-6H2;8*1H/q2*+1;;;;;;;;;;;/p-2. The quantitative estimate of drug-likeness (QED) is 0.0213. The Bertz CT molecular complexity index is 4200. The van der Waals surface area contributed by atoms with Crippen LogP contribution in [0, 0.1) is 56.4 Å². The number of aromatic nitrogens is 4. The first-order valence-corrected chi connectivity index (χ1v) is 38.6. The molecule has 672 valence electrons. The number of nitrogens with zero attached hydrogens (tertiary/aromatic N) is 17. The van der Waals surface area contributed by atoms with Gasteiger partial charge in [0.05, 0.1) is 51.8 Å². The summed E-state index contributed by atoms with van der Waals surface area (Å²) < 4.78 is 20.7. The first kappa shape index (κ1) is 111. The van der Waals surface area contributed by atoms with Crippen LogP contribution in [0.25, 0.3) is 0 Å². The van der Waals surface area contributed by atoms with Crippen molar-refractivity contribution in [3.8, 4) is 0 Å². The van der Waals surface area contributed by atoms with E-state index in [1.54, 1.807) is 48.5 Å². The molecular formula is C80H114Cl7FIN23O10. The molecule has 122 heavy (non-hydrogen) atoms. The lowest BCUT2D eigenvalue weighted by atomic mass is 10.2. The molecule has 0 saturated carbocycles. The Morgan fingerprint density at radius 3 is 0.746 bits per heavy atom. The number of aryl methyl sites for hydroxylation is 4. The van der Waals surface area contributed by atoms with E-state index in [-0.39, 0.29) is 149 Å². The Labute approximate surface area is 772 Å². The van der Waals surface area contributed by atoms with Crippen LogP contribution in [-0.4, -0.2) is 214 Å². The molecule has 7 aromatic carbocycles. The molecule has 4 fully saturated rings. The van der Waals surface area contributed by atoms with E-state index in [0.29, 0.717) is 0 Å². The lowest BCUT2D eigenvalue weighted by Crippen LogP contribution is -3.00. The molecule has 8 N–H and O–H groups in total. The Morgan fingerprint density at radius 2 is 0.525 bits per heavy atom. The van der Waals surface area contributed by atoms with Gasteiger partial charge in [-0.25, -0.2) is 22.7 Å². The summed E-state index contributed by atoms with van der Waals surface area (Å²) in [6, 6.07) is 47.4. The van der Waals surface area contributed by atoms with E-state index in [2.05, 4.69) is 137 Å². The van der Waals surface area contributed by atoms with E-state index in [1.165, 1.54) is 35.6 Å². The molecule has 33 nitrogen and oxygen atoms in total. The van der Waals surface area contributed by atoms with Gasteiger partial charge in [-0.05, 0) is 122 Å². The Hall–Kier alpha value is -9.19. The smallest absolute Gasteiger partial charge is 0.269 e. The molecule has 2 aromatic heterocycles. The number of imidazole rings is 2. The molecule has 4 aliphatic rings. The highest BCUT2D eigenvalue weighted by Gasteiger charge is 2.23. The van der Waals surface area contributed by atoms with Gasteiger partial charge in [0.15, 0.2) is 0 Å². The van der Waals surface area contributed by atoms with Gasteiger partial charge in [0.25, 0.3) is 28.4 Å². The van der Waals surface area contributed by atoms with E-state index in [0.717, 1.165) is 254 Å². The summed E-state index contributed by atoms with van der Waals surface area (Å²) in [5.41, 5.74) is 19.9. The number of rotatable bonds is 19. The summed E-state index contributed by atoms with van der Waals surface area (Å²) in [6.45, 7) is 26.3. The second-order valence-electron chi connectivity index (χ2n) is 28.0. The van der Waals surface area contributed by atoms with Crippen LogP contribution >= 0.6 is 74.4 Å². The van der Waals surface area contributed by atoms with Crippen molar-refractivity contribution < 1.29 is 74.5 Å². The van der Waals surface area contributed by atoms with E-state index in [4.69, 9.17) is 11.5 Å². The molecule has 0 unspecified atom stereocenters. The van der Waals surface area contributed by atoms with Crippen LogP contribution in [0.3, 0.4) is 0 Å². The van der Waals surface area contributed by atoms with Crippen molar-refractivity contribution >= 4 is 148 Å². The first-order valence-electron chi connectivity index (χ1n) is 38.6. The zero-order valence-electron chi connectivity index (χ0n) is 68.3. The second kappa shape index (κ2) is 59.6. The largest absolute Gasteiger partial charge is 1.00 e. The van der Waals surface area contributed by atoms with Crippen molar-refractivity contribution in [3.63, 3.8) is 0 Å². The molecule has 0 bridgehead atoms. The van der Waals surface area contributed by atoms with Crippen molar-refractivity contribution in [1.29, 1.82) is 0 Å². The third kappa shape index (κ3) is 38.3. The van der Waals surface area contributed by atoms with Crippen molar-refractivity contribution in [2.24, 2.45) is 14.1 Å². The number of non-ortho nitro benzene ring substituents is 5. The molecular weight excluding hydrogens is 1840 g/mol. The molecule has 4 aliphatic heterocycles. The minimum atomic E-state index is -0.570. The molecule has 0 radical (unpaired) electrons. The summed E-state index contributed by atoms with van der Waals surface area (Å²) in [6.07, 6.45) is 14.7. The highest BCUT2D eigenvalue weighted by Crippen LogP contribution is 2.27. The fourth-order valence-electron chi connectivity index (χ4n) is 13.4. The minimum absolute atomic E-state index is 0. The van der Waals surface area contributed by atoms with Crippen LogP contribution in [0.15, 0.2) is 207 Å². The first-order chi connectivity index (χ1) is 55.2. The van der Waals surface area contributed by atoms with E-state index in [9.17, 15) is 55.0 Å². The molecule has 13 rings (SSSR count). The monoisotopic (exact) mass is 1950 g/mol. The Kier molecular flexibility index (Phi) is 54.1. The number of hydrogen-bond donors (Lipinski definition) is 6. The van der Waals surface area contributed by atoms with Crippen LogP contribution in [0.5, 0.6) is 0 Å². The SMILES string of the molecule is C1CNCCNCCN1.C[n+]1ccn(CCCN2CCN(c3ccc(N)cc3)CCN(c3ccc(N)cc3)CC2)c1.C[n+]1ccn(CCCN2CCN(c3ccc([N+](=O)[O-])cc3)CCN(c3ccc([N+](=O)[O-])cc3)CC2)c1.Cl.Cl.Cl.Cl.Cl.Cl.O=[N+]([O-])c1ccc(F)cc1.O=[N+]([O-])c1ccc(N2CCNCCN(c3ccc([N+](=O)[O-])cc3)CC2)cc1.[Cl-].[I-]. The summed E-state index contributed by atoms with van der Waals surface area (Å²) in [4.78, 5) is 70.6. The molecule has 6 heterocycles. The molecule has 0 atom stereocenters. The number of benzene rings is 7. The third-order valence-electron chi connectivity index (χ3n) is 19.9. The number of anilines is 8. The van der Waals surface area contributed by atoms with Gasteiger partial charge in [-0.3, -0.25) is 60.4 Å². The average Bonchev–Trinajstić information content (AvgIpc) is 1.59. The Morgan fingerprint density at radius 1 is 0.320 bits per heavy atom. The van der Waals surface area contributed by atoms with Gasteiger partial charge in [-0.1, -0.05) is 0 Å². The van der Waals surface area contributed by atoms with Crippen molar-refractivity contribution in [2.75, 3.05) is 211 Å². The van der Waals surface area contributed by atoms with Crippen molar-refractivity contribution in [2.45, 2.75) is 25.9 Å². The maximum Gasteiger partial charge on any atom is 0.269 e. The molecule has 0 aliphatic carbocycles. The molecule has 4 saturated heterocycles. The maximum atomic E-state index is 12.1. The second-order valence-corrected chi connectivity index (χ2v) is 28.0. The fraction of sp³-hybridized carbons (Fsp3) is 0.400. The van der Waals surface area contributed by atoms with E-state index in [1.807, 2.05) is 66.3 Å². The van der Waals surface area contributed by atoms with Crippen LogP contribution in [0.1, 0.15) is 12.8 Å². The van der Waals surface area contributed by atoms with Crippen LogP contribution < -0.4 is 108 Å². The molecule has 0 amide bonds. The molecule has 42 heteroatoms. The number of nitrogens with two attached hydrogens (primary N) is 2. The van der Waals surface area contributed by atoms with Gasteiger partial charge >= 0.3 is 0 Å². The summed E-state index contributed by atoms with van der Waals surface area (Å²) in [5.74, 6) is -0.467. The lowest BCUT2D eigenvalue weighted by molar-refractivity contribution is -0.671. The number of hydrogen-bond acceptors (Lipinski definition) is 24. The highest BCUT2D eigenvalue weighted by atomic mass is 127. The maximum absolute atomic E-state index is 12.1. The minimum Gasteiger partial charge on any atom is -1.00 e. The van der Waals surface area contributed by atoms with Crippen LogP contribution in [-0.2, 0) is 27.2 Å². The number of nitrogen functional groups attached to an aromatic ring is 2. The Balaban J connectivity index is 0.000000803. The van der Waals surface area contributed by atoms with Crippen molar-refractivity contribution in [1.82, 2.24) is 40.2 Å². The molecule has 0 spiro atoms. The van der Waals surface area contributed by atoms with Crippen LogP contribution in [0.2, 0.25) is 0 Å². The number of nitro benzene ring substituents is 5. The predicted octanol–water partition coefficient (Wildman–Crippen LogP) is 4.50. The topological polar surface area (TPSA) is 359 Å². The lowest BCUT2D eigenvalue weighted by Gasteiger charge is -2.29. The normalized spacial score (nSPS) is 14.6. The van der Waals surface area contributed by atoms with E-state index < -0.39 is 20.6 Å². The fourth-order valence-corrected chi connectivity index (χ4v) is 13.4. The van der Waals surface area contributed by atoms with Gasteiger partial charge in [0.2, 0.25) is 12.7 Å². The number of nitro groups is 5. The zero-order chi connectivity index (χ0) is 81.0. The van der Waals surface area contributed by atoms with Gasteiger partial charge in [0, 0.05) is 276 Å². The zero-order valence-corrected chi connectivity index (χ0v) is 76.1. The average molecular weight is 1950 g/mol. The van der Waals surface area contributed by atoms with Crippen molar-refractivity contribution in [3.05, 3.63) is 264 Å². The number of halogens is 9.